The third-order valence-electron chi connectivity index (χ3n) is 7.95. The number of aryl methyl sites for hydroxylation is 2. The Kier molecular flexibility index (Phi) is 7.63. The van der Waals surface area contributed by atoms with E-state index < -0.39 is 6.04 Å². The maximum atomic E-state index is 13.7. The van der Waals surface area contributed by atoms with E-state index in [0.717, 1.165) is 66.1 Å². The van der Waals surface area contributed by atoms with E-state index in [0.29, 0.717) is 17.9 Å². The summed E-state index contributed by atoms with van der Waals surface area (Å²) in [6, 6.07) is 24.3. The van der Waals surface area contributed by atoms with E-state index in [1.165, 1.54) is 5.56 Å². The van der Waals surface area contributed by atoms with Gasteiger partial charge in [-0.2, -0.15) is 0 Å². The Balaban J connectivity index is 1.36. The largest absolute Gasteiger partial charge is 0.497 e. The molecule has 2 aromatic heterocycles. The van der Waals surface area contributed by atoms with Crippen molar-refractivity contribution >= 4 is 10.9 Å². The van der Waals surface area contributed by atoms with E-state index in [9.17, 15) is 4.79 Å². The lowest BCUT2D eigenvalue weighted by Gasteiger charge is -2.38. The monoisotopic (exact) mass is 549 g/mol. The quantitative estimate of drug-likeness (QED) is 0.312. The number of piperazine rings is 1. The van der Waals surface area contributed by atoms with Gasteiger partial charge < -0.3 is 9.72 Å². The Bertz CT molecular complexity index is 1690. The van der Waals surface area contributed by atoms with Crippen LogP contribution in [0.1, 0.15) is 39.7 Å². The van der Waals surface area contributed by atoms with E-state index in [2.05, 4.69) is 67.6 Å². The lowest BCUT2D eigenvalue weighted by molar-refractivity contribution is 0.0998. The van der Waals surface area contributed by atoms with Gasteiger partial charge in [-0.15, -0.1) is 5.10 Å². The Morgan fingerprint density at radius 3 is 2.37 bits per heavy atom. The normalized spacial score (nSPS) is 15.3. The summed E-state index contributed by atoms with van der Waals surface area (Å²) in [5.74, 6) is 1.46. The van der Waals surface area contributed by atoms with Crippen LogP contribution in [0.25, 0.3) is 10.9 Å². The second-order valence-electron chi connectivity index (χ2n) is 10.8. The predicted molar refractivity (Wildman–Crippen MR) is 159 cm³/mol. The fourth-order valence-corrected chi connectivity index (χ4v) is 5.84. The fraction of sp³-hybridized carbons (Fsp3) is 0.312. The van der Waals surface area contributed by atoms with Crippen LogP contribution in [0, 0.1) is 13.8 Å². The molecule has 1 aliphatic heterocycles. The third kappa shape index (κ3) is 5.77. The first-order valence-electron chi connectivity index (χ1n) is 14.0. The number of tetrazole rings is 1. The highest BCUT2D eigenvalue weighted by Crippen LogP contribution is 2.29. The summed E-state index contributed by atoms with van der Waals surface area (Å²) >= 11 is 0. The molecule has 0 bridgehead atoms. The van der Waals surface area contributed by atoms with E-state index in [-0.39, 0.29) is 5.56 Å². The van der Waals surface area contributed by atoms with Crippen LogP contribution >= 0.6 is 0 Å². The van der Waals surface area contributed by atoms with Gasteiger partial charge in [0.15, 0.2) is 5.82 Å². The summed E-state index contributed by atoms with van der Waals surface area (Å²) < 4.78 is 7.13. The minimum atomic E-state index is -0.393. The fourth-order valence-electron chi connectivity index (χ4n) is 5.84. The number of rotatable bonds is 8. The molecule has 41 heavy (non-hydrogen) atoms. The van der Waals surface area contributed by atoms with E-state index in [1.54, 1.807) is 7.11 Å². The molecular weight excluding hydrogens is 514 g/mol. The van der Waals surface area contributed by atoms with E-state index in [1.807, 2.05) is 54.1 Å². The van der Waals surface area contributed by atoms with Crippen LogP contribution in [-0.2, 0) is 13.1 Å². The van der Waals surface area contributed by atoms with Crippen LogP contribution < -0.4 is 10.3 Å². The SMILES string of the molecule is COc1ccc(Cn2nnnc2[C@H](c2cc3c(C)cc(C)cc3[nH]c2=O)N2CCN(Cc3ccccc3)CC2)cc1. The number of benzene rings is 3. The van der Waals surface area contributed by atoms with Gasteiger partial charge in [0.1, 0.15) is 11.8 Å². The molecule has 6 rings (SSSR count). The van der Waals surface area contributed by atoms with Crippen molar-refractivity contribution in [1.29, 1.82) is 0 Å². The highest BCUT2D eigenvalue weighted by Gasteiger charge is 2.33. The van der Waals surface area contributed by atoms with Gasteiger partial charge in [-0.25, -0.2) is 4.68 Å². The van der Waals surface area contributed by atoms with Crippen LogP contribution in [-0.4, -0.2) is 68.3 Å². The van der Waals surface area contributed by atoms with Gasteiger partial charge in [0.05, 0.1) is 13.7 Å². The summed E-state index contributed by atoms with van der Waals surface area (Å²) in [7, 11) is 1.66. The van der Waals surface area contributed by atoms with Crippen molar-refractivity contribution in [1.82, 2.24) is 35.0 Å². The first-order valence-corrected chi connectivity index (χ1v) is 14.0. The number of nitrogens with zero attached hydrogens (tertiary/aromatic N) is 6. The summed E-state index contributed by atoms with van der Waals surface area (Å²) in [5, 5.41) is 14.0. The van der Waals surface area contributed by atoms with E-state index >= 15 is 0 Å². The molecule has 0 saturated carbocycles. The first kappa shape index (κ1) is 26.9. The zero-order chi connectivity index (χ0) is 28.3. The van der Waals surface area contributed by atoms with Gasteiger partial charge in [-0.3, -0.25) is 14.6 Å². The molecule has 9 heteroatoms. The Labute approximate surface area is 239 Å². The lowest BCUT2D eigenvalue weighted by atomic mass is 9.99. The maximum absolute atomic E-state index is 13.7. The van der Waals surface area contributed by atoms with Crippen molar-refractivity contribution in [2.45, 2.75) is 33.0 Å². The van der Waals surface area contributed by atoms with Gasteiger partial charge in [0.25, 0.3) is 5.56 Å². The maximum Gasteiger partial charge on any atom is 0.253 e. The lowest BCUT2D eigenvalue weighted by Crippen LogP contribution is -2.48. The second kappa shape index (κ2) is 11.6. The molecule has 0 aliphatic carbocycles. The molecule has 1 atom stereocenters. The van der Waals surface area contributed by atoms with Gasteiger partial charge in [0, 0.05) is 49.2 Å². The number of ether oxygens (including phenoxy) is 1. The van der Waals surface area contributed by atoms with Crippen molar-refractivity contribution in [3.8, 4) is 5.75 Å². The second-order valence-corrected chi connectivity index (χ2v) is 10.8. The minimum Gasteiger partial charge on any atom is -0.497 e. The van der Waals surface area contributed by atoms with Crippen LogP contribution in [0.4, 0.5) is 0 Å². The molecule has 0 spiro atoms. The molecule has 5 aromatic rings. The average molecular weight is 550 g/mol. The van der Waals surface area contributed by atoms with E-state index in [4.69, 9.17) is 4.74 Å². The summed E-state index contributed by atoms with van der Waals surface area (Å²) in [6.07, 6.45) is 0. The number of nitrogens with one attached hydrogen (secondary N) is 1. The molecular formula is C32H35N7O2. The van der Waals surface area contributed by atoms with Gasteiger partial charge in [-0.1, -0.05) is 48.5 Å². The van der Waals surface area contributed by atoms with Crippen LogP contribution in [0.2, 0.25) is 0 Å². The summed E-state index contributed by atoms with van der Waals surface area (Å²) in [6.45, 7) is 8.87. The van der Waals surface area contributed by atoms with Crippen LogP contribution in [0.15, 0.2) is 77.6 Å². The molecule has 9 nitrogen and oxygen atoms in total. The zero-order valence-electron chi connectivity index (χ0n) is 23.7. The standard InChI is InChI=1S/C32H35N7O2/c1-22-17-23(2)27-19-28(32(40)33-29(27)18-22)30(38-15-13-37(14-16-38)20-24-7-5-4-6-8-24)31-34-35-36-39(31)21-25-9-11-26(41-3)12-10-25/h4-12,17-19,30H,13-16,20-21H2,1-3H3,(H,33,40)/t30-/m0/s1. The number of hydrogen-bond donors (Lipinski definition) is 1. The number of methoxy groups -OCH3 is 1. The highest BCUT2D eigenvalue weighted by atomic mass is 16.5. The number of hydrogen-bond acceptors (Lipinski definition) is 7. The Morgan fingerprint density at radius 1 is 0.902 bits per heavy atom. The van der Waals surface area contributed by atoms with Crippen molar-refractivity contribution < 1.29 is 4.74 Å². The average Bonchev–Trinajstić information content (AvgIpc) is 3.43. The van der Waals surface area contributed by atoms with Crippen LogP contribution in [0.3, 0.4) is 0 Å². The van der Waals surface area contributed by atoms with Crippen molar-refractivity contribution in [3.05, 3.63) is 117 Å². The molecule has 0 amide bonds. The van der Waals surface area contributed by atoms with Gasteiger partial charge >= 0.3 is 0 Å². The minimum absolute atomic E-state index is 0.113. The summed E-state index contributed by atoms with van der Waals surface area (Å²) in [4.78, 5) is 21.7. The van der Waals surface area contributed by atoms with Crippen LogP contribution in [0.5, 0.6) is 5.75 Å². The Hall–Kier alpha value is -4.34. The molecule has 210 valence electrons. The Morgan fingerprint density at radius 2 is 1.63 bits per heavy atom. The van der Waals surface area contributed by atoms with Crippen molar-refractivity contribution in [3.63, 3.8) is 0 Å². The molecule has 1 saturated heterocycles. The number of H-pyrrole nitrogens is 1. The smallest absolute Gasteiger partial charge is 0.253 e. The van der Waals surface area contributed by atoms with Crippen molar-refractivity contribution in [2.75, 3.05) is 33.3 Å². The van der Waals surface area contributed by atoms with Crippen molar-refractivity contribution in [2.24, 2.45) is 0 Å². The number of pyridine rings is 1. The zero-order valence-corrected chi connectivity index (χ0v) is 23.7. The third-order valence-corrected chi connectivity index (χ3v) is 7.95. The number of aromatic nitrogens is 5. The highest BCUT2D eigenvalue weighted by molar-refractivity contribution is 5.83. The number of aromatic amines is 1. The molecule has 0 radical (unpaired) electrons. The molecule has 1 N–H and O–H groups in total. The molecule has 3 heterocycles. The first-order chi connectivity index (χ1) is 20.0. The summed E-state index contributed by atoms with van der Waals surface area (Å²) in [5.41, 5.74) is 5.99. The molecule has 1 fully saturated rings. The molecule has 0 unspecified atom stereocenters. The molecule has 3 aromatic carbocycles. The predicted octanol–water partition coefficient (Wildman–Crippen LogP) is 4.10. The number of fused-ring (bicyclic) bond motifs is 1. The van der Waals surface area contributed by atoms with Gasteiger partial charge in [-0.05, 0) is 70.8 Å². The molecule has 1 aliphatic rings. The van der Waals surface area contributed by atoms with Gasteiger partial charge in [0.2, 0.25) is 0 Å². The topological polar surface area (TPSA) is 92.2 Å².